The van der Waals surface area contributed by atoms with Crippen LogP contribution >= 0.6 is 0 Å². The number of nitrogens with zero attached hydrogens (tertiary/aromatic N) is 1. The molecule has 1 aromatic heterocycles. The molecule has 0 saturated carbocycles. The maximum Gasteiger partial charge on any atom is 0.0486 e. The average molecular weight is 198 g/mol. The number of rotatable bonds is 0. The van der Waals surface area contributed by atoms with E-state index in [1.165, 1.54) is 22.2 Å². The highest BCUT2D eigenvalue weighted by Crippen LogP contribution is 2.27. The minimum Gasteiger partial charge on any atom is -0.346 e. The van der Waals surface area contributed by atoms with Crippen LogP contribution in [0, 0.1) is 0 Å². The van der Waals surface area contributed by atoms with E-state index >= 15 is 0 Å². The van der Waals surface area contributed by atoms with Gasteiger partial charge in [0.1, 0.15) is 0 Å². The molecule has 15 heavy (non-hydrogen) atoms. The van der Waals surface area contributed by atoms with Gasteiger partial charge in [0.2, 0.25) is 0 Å². The Balaban J connectivity index is 2.41. The zero-order chi connectivity index (χ0) is 10.3. The van der Waals surface area contributed by atoms with E-state index < -0.39 is 0 Å². The molecule has 2 heterocycles. The van der Waals surface area contributed by atoms with Crippen LogP contribution in [-0.2, 0) is 13.6 Å². The molecule has 0 fully saturated rings. The van der Waals surface area contributed by atoms with Crippen LogP contribution in [0.2, 0.25) is 0 Å². The van der Waals surface area contributed by atoms with Crippen molar-refractivity contribution in [2.75, 3.05) is 6.54 Å². The molecule has 0 saturated heterocycles. The van der Waals surface area contributed by atoms with E-state index in [4.69, 9.17) is 0 Å². The third-order valence-corrected chi connectivity index (χ3v) is 3.11. The minimum atomic E-state index is 0.952. The van der Waals surface area contributed by atoms with Crippen molar-refractivity contribution in [2.24, 2.45) is 7.05 Å². The Kier molecular flexibility index (Phi) is 1.89. The number of para-hydroxylation sites is 1. The molecule has 3 rings (SSSR count). The molecule has 0 spiro atoms. The highest BCUT2D eigenvalue weighted by molar-refractivity contribution is 5.91. The second kappa shape index (κ2) is 3.24. The van der Waals surface area contributed by atoms with Crippen LogP contribution in [0.3, 0.4) is 0 Å². The maximum absolute atomic E-state index is 3.40. The van der Waals surface area contributed by atoms with Gasteiger partial charge in [-0.15, -0.1) is 0 Å². The Morgan fingerprint density at radius 3 is 3.07 bits per heavy atom. The molecule has 2 nitrogen and oxygen atoms in total. The van der Waals surface area contributed by atoms with E-state index in [0.717, 1.165) is 13.1 Å². The lowest BCUT2D eigenvalue weighted by Gasteiger charge is -2.03. The first kappa shape index (κ1) is 8.74. The van der Waals surface area contributed by atoms with Gasteiger partial charge in [-0.1, -0.05) is 30.4 Å². The molecule has 1 aromatic carbocycles. The first-order valence-electron chi connectivity index (χ1n) is 5.31. The normalized spacial score (nSPS) is 15.3. The Morgan fingerprint density at radius 1 is 1.27 bits per heavy atom. The third-order valence-electron chi connectivity index (χ3n) is 3.11. The Labute approximate surface area is 89.2 Å². The first-order chi connectivity index (χ1) is 7.38. The summed E-state index contributed by atoms with van der Waals surface area (Å²) in [5.41, 5.74) is 4.07. The van der Waals surface area contributed by atoms with Gasteiger partial charge in [0.15, 0.2) is 0 Å². The zero-order valence-corrected chi connectivity index (χ0v) is 8.83. The summed E-state index contributed by atoms with van der Waals surface area (Å²) in [5.74, 6) is 0. The fourth-order valence-corrected chi connectivity index (χ4v) is 2.33. The smallest absolute Gasteiger partial charge is 0.0486 e. The fraction of sp³-hybridized carbons (Fsp3) is 0.231. The van der Waals surface area contributed by atoms with Crippen LogP contribution in [0.5, 0.6) is 0 Å². The number of hydrogen-bond acceptors (Lipinski definition) is 1. The summed E-state index contributed by atoms with van der Waals surface area (Å²) in [7, 11) is 2.14. The number of aryl methyl sites for hydroxylation is 1. The zero-order valence-electron chi connectivity index (χ0n) is 8.83. The van der Waals surface area contributed by atoms with Crippen molar-refractivity contribution < 1.29 is 0 Å². The highest BCUT2D eigenvalue weighted by Gasteiger charge is 2.13. The van der Waals surface area contributed by atoms with Gasteiger partial charge in [-0.2, -0.15) is 0 Å². The van der Waals surface area contributed by atoms with E-state index in [1.807, 2.05) is 0 Å². The molecule has 2 aromatic rings. The Hall–Kier alpha value is -1.54. The lowest BCUT2D eigenvalue weighted by Crippen LogP contribution is -2.14. The van der Waals surface area contributed by atoms with Crippen molar-refractivity contribution in [3.63, 3.8) is 0 Å². The number of benzene rings is 1. The molecule has 2 heteroatoms. The number of nitrogens with one attached hydrogen (secondary N) is 1. The standard InChI is InChI=1S/C13H14N2/c1-15-12-7-3-2-5-10(12)11-6-4-8-14-9-13(11)15/h2-7,14H,8-9H2,1H3. The molecule has 0 atom stereocenters. The van der Waals surface area contributed by atoms with Crippen LogP contribution in [0.25, 0.3) is 17.0 Å². The summed E-state index contributed by atoms with van der Waals surface area (Å²) < 4.78 is 2.29. The number of fused-ring (bicyclic) bond motifs is 3. The van der Waals surface area contributed by atoms with Gasteiger partial charge in [-0.3, -0.25) is 0 Å². The van der Waals surface area contributed by atoms with Crippen LogP contribution in [0.4, 0.5) is 0 Å². The van der Waals surface area contributed by atoms with Crippen LogP contribution < -0.4 is 5.32 Å². The summed E-state index contributed by atoms with van der Waals surface area (Å²) in [6.45, 7) is 1.91. The summed E-state index contributed by atoms with van der Waals surface area (Å²) >= 11 is 0. The predicted molar refractivity (Wildman–Crippen MR) is 63.7 cm³/mol. The average Bonchev–Trinajstić information content (AvgIpc) is 2.48. The quantitative estimate of drug-likeness (QED) is 0.687. The van der Waals surface area contributed by atoms with E-state index in [9.17, 15) is 0 Å². The number of aromatic nitrogens is 1. The molecule has 0 unspecified atom stereocenters. The molecule has 1 aliphatic heterocycles. The highest BCUT2D eigenvalue weighted by atomic mass is 15.0. The molecule has 1 N–H and O–H groups in total. The number of hydrogen-bond donors (Lipinski definition) is 1. The summed E-state index contributed by atoms with van der Waals surface area (Å²) in [6, 6.07) is 8.58. The molecule has 0 bridgehead atoms. The van der Waals surface area contributed by atoms with E-state index in [-0.39, 0.29) is 0 Å². The van der Waals surface area contributed by atoms with E-state index in [2.05, 4.69) is 53.3 Å². The largest absolute Gasteiger partial charge is 0.346 e. The molecule has 1 aliphatic rings. The van der Waals surface area contributed by atoms with Crippen molar-refractivity contribution in [3.8, 4) is 0 Å². The molecule has 76 valence electrons. The van der Waals surface area contributed by atoms with Crippen molar-refractivity contribution in [2.45, 2.75) is 6.54 Å². The van der Waals surface area contributed by atoms with Crippen molar-refractivity contribution in [1.29, 1.82) is 0 Å². The maximum atomic E-state index is 3.40. The van der Waals surface area contributed by atoms with Gasteiger partial charge >= 0.3 is 0 Å². The SMILES string of the molecule is Cn1c2c(c3ccccc31)C=CCNC2. The monoisotopic (exact) mass is 198 g/mol. The van der Waals surface area contributed by atoms with Gasteiger partial charge < -0.3 is 9.88 Å². The fourth-order valence-electron chi connectivity index (χ4n) is 2.33. The first-order valence-corrected chi connectivity index (χ1v) is 5.31. The van der Waals surface area contributed by atoms with Gasteiger partial charge in [0, 0.05) is 42.3 Å². The summed E-state index contributed by atoms with van der Waals surface area (Å²) in [5, 5.41) is 4.75. The Morgan fingerprint density at radius 2 is 2.13 bits per heavy atom. The Bertz CT molecular complexity index is 535. The van der Waals surface area contributed by atoms with Crippen LogP contribution in [0.1, 0.15) is 11.3 Å². The van der Waals surface area contributed by atoms with Gasteiger partial charge in [-0.05, 0) is 6.07 Å². The van der Waals surface area contributed by atoms with E-state index in [0.29, 0.717) is 0 Å². The summed E-state index contributed by atoms with van der Waals surface area (Å²) in [6.07, 6.45) is 4.43. The topological polar surface area (TPSA) is 17.0 Å². The lowest BCUT2D eigenvalue weighted by molar-refractivity contribution is 0.713. The third kappa shape index (κ3) is 1.22. The second-order valence-electron chi connectivity index (χ2n) is 3.97. The second-order valence-corrected chi connectivity index (χ2v) is 3.97. The molecular weight excluding hydrogens is 184 g/mol. The predicted octanol–water partition coefficient (Wildman–Crippen LogP) is 2.29. The van der Waals surface area contributed by atoms with E-state index in [1.54, 1.807) is 0 Å². The van der Waals surface area contributed by atoms with Crippen molar-refractivity contribution in [3.05, 3.63) is 41.6 Å². The van der Waals surface area contributed by atoms with Crippen LogP contribution in [-0.4, -0.2) is 11.1 Å². The lowest BCUT2D eigenvalue weighted by atomic mass is 10.1. The molecule has 0 aliphatic carbocycles. The van der Waals surface area contributed by atoms with Crippen molar-refractivity contribution in [1.82, 2.24) is 9.88 Å². The van der Waals surface area contributed by atoms with Crippen LogP contribution in [0.15, 0.2) is 30.3 Å². The van der Waals surface area contributed by atoms with Crippen molar-refractivity contribution >= 4 is 17.0 Å². The summed E-state index contributed by atoms with van der Waals surface area (Å²) in [4.78, 5) is 0. The molecule has 0 amide bonds. The van der Waals surface area contributed by atoms with Gasteiger partial charge in [-0.25, -0.2) is 0 Å². The van der Waals surface area contributed by atoms with Gasteiger partial charge in [0.25, 0.3) is 0 Å². The molecule has 0 radical (unpaired) electrons. The minimum absolute atomic E-state index is 0.952. The molecular formula is C13H14N2. The van der Waals surface area contributed by atoms with Gasteiger partial charge in [0.05, 0.1) is 0 Å².